The van der Waals surface area contributed by atoms with Gasteiger partial charge < -0.3 is 10.6 Å². The Labute approximate surface area is 185 Å². The van der Waals surface area contributed by atoms with E-state index < -0.39 is 0 Å². The van der Waals surface area contributed by atoms with Crippen molar-refractivity contribution in [2.24, 2.45) is 20.9 Å². The van der Waals surface area contributed by atoms with Crippen LogP contribution in [0.4, 0.5) is 0 Å². The lowest BCUT2D eigenvalue weighted by molar-refractivity contribution is 0.428. The molecule has 1 aromatic heterocycles. The van der Waals surface area contributed by atoms with Gasteiger partial charge in [-0.3, -0.25) is 9.67 Å². The Morgan fingerprint density at radius 3 is 2.61 bits per heavy atom. The van der Waals surface area contributed by atoms with Crippen LogP contribution in [0.2, 0.25) is 0 Å². The van der Waals surface area contributed by atoms with Gasteiger partial charge in [-0.05, 0) is 32.1 Å². The molecule has 0 saturated carbocycles. The molecule has 0 saturated heterocycles. The number of hydrogen-bond acceptors (Lipinski definition) is 7. The molecule has 0 unspecified atom stereocenters. The van der Waals surface area contributed by atoms with Gasteiger partial charge >= 0.3 is 0 Å². The highest BCUT2D eigenvalue weighted by atomic mass is 16.3. The monoisotopic (exact) mass is 425 g/mol. The number of nitrogens with two attached hydrogens (primary N) is 1. The maximum atomic E-state index is 10.2. The zero-order valence-electron chi connectivity index (χ0n) is 19.2. The molecule has 1 aliphatic heterocycles. The summed E-state index contributed by atoms with van der Waals surface area (Å²) in [6.45, 7) is 7.42. The molecule has 0 amide bonds. The first kappa shape index (κ1) is 24.2. The SMILES string of the molecule is CC/C=C1/C(c2cnn(C(CC)CC)c2)=NC(C(C=NCCCCN=O)=CN)=CN1C. The molecule has 0 radical (unpaired) electrons. The molecule has 0 spiro atoms. The number of hydrogen-bond donors (Lipinski definition) is 1. The second-order valence-electron chi connectivity index (χ2n) is 7.48. The van der Waals surface area contributed by atoms with Crippen LogP contribution in [0.3, 0.4) is 0 Å². The van der Waals surface area contributed by atoms with Gasteiger partial charge in [-0.1, -0.05) is 32.0 Å². The number of allylic oxidation sites excluding steroid dienone is 3. The predicted molar refractivity (Wildman–Crippen MR) is 128 cm³/mol. The van der Waals surface area contributed by atoms with Crippen molar-refractivity contribution in [1.29, 1.82) is 0 Å². The van der Waals surface area contributed by atoms with Gasteiger partial charge in [0.2, 0.25) is 0 Å². The molecule has 0 fully saturated rings. The van der Waals surface area contributed by atoms with E-state index in [0.717, 1.165) is 60.3 Å². The molecule has 2 N–H and O–H groups in total. The van der Waals surface area contributed by atoms with Crippen LogP contribution in [0.25, 0.3) is 0 Å². The number of aromatic nitrogens is 2. The number of rotatable bonds is 12. The van der Waals surface area contributed by atoms with E-state index in [1.807, 2.05) is 24.1 Å². The minimum absolute atomic E-state index is 0.329. The molecular formula is C23H35N7O. The van der Waals surface area contributed by atoms with E-state index in [2.05, 4.69) is 53.2 Å². The van der Waals surface area contributed by atoms with E-state index in [4.69, 9.17) is 10.7 Å². The summed E-state index contributed by atoms with van der Waals surface area (Å²) in [6, 6.07) is 0.380. The summed E-state index contributed by atoms with van der Waals surface area (Å²) >= 11 is 0. The average molecular weight is 426 g/mol. The number of nitroso groups, excluding NO2 is 1. The number of likely N-dealkylation sites (N-methyl/N-ethyl adjacent to an activating group) is 1. The van der Waals surface area contributed by atoms with Gasteiger partial charge in [0.15, 0.2) is 0 Å². The Hall–Kier alpha value is -3.03. The van der Waals surface area contributed by atoms with Crippen molar-refractivity contribution in [3.8, 4) is 0 Å². The smallest absolute Gasteiger partial charge is 0.0974 e. The van der Waals surface area contributed by atoms with Crippen LogP contribution in [0, 0.1) is 4.91 Å². The molecule has 8 nitrogen and oxygen atoms in total. The van der Waals surface area contributed by atoms with E-state index in [9.17, 15) is 4.91 Å². The summed E-state index contributed by atoms with van der Waals surface area (Å²) in [7, 11) is 2.01. The molecule has 0 bridgehead atoms. The second kappa shape index (κ2) is 12.6. The topological polar surface area (TPSA) is 101 Å². The first-order valence-electron chi connectivity index (χ1n) is 11.1. The Balaban J connectivity index is 2.32. The lowest BCUT2D eigenvalue weighted by Crippen LogP contribution is -2.24. The number of aliphatic imine (C=N–C) groups is 2. The van der Waals surface area contributed by atoms with Crippen molar-refractivity contribution in [2.75, 3.05) is 20.1 Å². The van der Waals surface area contributed by atoms with Gasteiger partial charge in [0.05, 0.1) is 35.9 Å². The van der Waals surface area contributed by atoms with Crippen LogP contribution in [-0.4, -0.2) is 46.7 Å². The van der Waals surface area contributed by atoms with Gasteiger partial charge in [-0.2, -0.15) is 10.0 Å². The predicted octanol–water partition coefficient (Wildman–Crippen LogP) is 4.57. The van der Waals surface area contributed by atoms with E-state index >= 15 is 0 Å². The van der Waals surface area contributed by atoms with E-state index in [1.165, 1.54) is 6.20 Å². The highest BCUT2D eigenvalue weighted by Gasteiger charge is 2.22. The normalized spacial score (nSPS) is 16.4. The van der Waals surface area contributed by atoms with Crippen molar-refractivity contribution >= 4 is 11.9 Å². The van der Waals surface area contributed by atoms with Crippen LogP contribution < -0.4 is 5.73 Å². The summed E-state index contributed by atoms with van der Waals surface area (Å²) in [5.74, 6) is 0. The second-order valence-corrected chi connectivity index (χ2v) is 7.48. The van der Waals surface area contributed by atoms with Crippen molar-refractivity contribution in [3.63, 3.8) is 0 Å². The molecular weight excluding hydrogens is 390 g/mol. The molecule has 1 aliphatic rings. The highest BCUT2D eigenvalue weighted by molar-refractivity contribution is 6.13. The molecule has 8 heteroatoms. The largest absolute Gasteiger partial charge is 0.404 e. The summed E-state index contributed by atoms with van der Waals surface area (Å²) < 4.78 is 2.04. The Morgan fingerprint density at radius 2 is 1.97 bits per heavy atom. The molecule has 31 heavy (non-hydrogen) atoms. The van der Waals surface area contributed by atoms with Gasteiger partial charge in [0, 0.05) is 49.5 Å². The molecule has 0 aliphatic carbocycles. The summed E-state index contributed by atoms with van der Waals surface area (Å²) in [4.78, 5) is 21.6. The standard InChI is InChI=1S/C23H35N7O/c1-5-10-22-23(19-15-26-30(16-19)20(6-2)7-3)28-21(17-29(22)4)18(13-24)14-25-11-8-9-12-27-31/h10,13-17,20H,5-9,11-12,24H2,1-4H3/b18-13?,22-10-,25-14?. The Morgan fingerprint density at radius 1 is 1.23 bits per heavy atom. The number of unbranched alkanes of at least 4 members (excludes halogenated alkanes) is 1. The van der Waals surface area contributed by atoms with Crippen LogP contribution >= 0.6 is 0 Å². The maximum absolute atomic E-state index is 10.2. The summed E-state index contributed by atoms with van der Waals surface area (Å²) in [6.07, 6.45) is 15.9. The number of nitrogens with zero attached hydrogens (tertiary/aromatic N) is 6. The molecule has 2 rings (SSSR count). The van der Waals surface area contributed by atoms with E-state index in [0.29, 0.717) is 19.1 Å². The van der Waals surface area contributed by atoms with Gasteiger partial charge in [0.25, 0.3) is 0 Å². The third-order valence-corrected chi connectivity index (χ3v) is 5.25. The fraction of sp³-hybridized carbons (Fsp3) is 0.522. The zero-order chi connectivity index (χ0) is 22.6. The Kier molecular flexibility index (Phi) is 9.87. The average Bonchev–Trinajstić information content (AvgIpc) is 3.25. The van der Waals surface area contributed by atoms with Gasteiger partial charge in [0.1, 0.15) is 0 Å². The van der Waals surface area contributed by atoms with Gasteiger partial charge in [-0.15, -0.1) is 0 Å². The molecule has 0 aromatic carbocycles. The first-order valence-corrected chi connectivity index (χ1v) is 11.1. The minimum Gasteiger partial charge on any atom is -0.404 e. The van der Waals surface area contributed by atoms with Gasteiger partial charge in [-0.25, -0.2) is 4.99 Å². The lowest BCUT2D eigenvalue weighted by atomic mass is 10.1. The molecule has 2 heterocycles. The Bertz CT molecular complexity index is 872. The molecule has 1 aromatic rings. The third-order valence-electron chi connectivity index (χ3n) is 5.25. The van der Waals surface area contributed by atoms with Crippen LogP contribution in [0.1, 0.15) is 64.5 Å². The first-order chi connectivity index (χ1) is 15.1. The molecule has 168 valence electrons. The van der Waals surface area contributed by atoms with E-state index in [-0.39, 0.29) is 0 Å². The highest BCUT2D eigenvalue weighted by Crippen LogP contribution is 2.25. The van der Waals surface area contributed by atoms with E-state index in [1.54, 1.807) is 6.21 Å². The summed E-state index contributed by atoms with van der Waals surface area (Å²) in [5.41, 5.74) is 10.3. The quantitative estimate of drug-likeness (QED) is 0.301. The van der Waals surface area contributed by atoms with Crippen LogP contribution in [0.15, 0.2) is 63.0 Å². The van der Waals surface area contributed by atoms with Crippen molar-refractivity contribution in [2.45, 2.75) is 58.9 Å². The van der Waals surface area contributed by atoms with Crippen LogP contribution in [-0.2, 0) is 0 Å². The van der Waals surface area contributed by atoms with Crippen molar-refractivity contribution < 1.29 is 0 Å². The summed E-state index contributed by atoms with van der Waals surface area (Å²) in [5, 5.41) is 7.47. The fourth-order valence-electron chi connectivity index (χ4n) is 3.47. The minimum atomic E-state index is 0.329. The third kappa shape index (κ3) is 6.47. The lowest BCUT2D eigenvalue weighted by Gasteiger charge is -2.25. The molecule has 0 atom stereocenters. The van der Waals surface area contributed by atoms with Crippen molar-refractivity contribution in [3.05, 3.63) is 58.3 Å². The zero-order valence-corrected chi connectivity index (χ0v) is 19.2. The van der Waals surface area contributed by atoms with Crippen LogP contribution in [0.5, 0.6) is 0 Å². The maximum Gasteiger partial charge on any atom is 0.0974 e. The van der Waals surface area contributed by atoms with Crippen molar-refractivity contribution in [1.82, 2.24) is 14.7 Å². The fourth-order valence-corrected chi connectivity index (χ4v) is 3.47.